The van der Waals surface area contributed by atoms with Crippen LogP contribution in [0.1, 0.15) is 27.1 Å². The molecule has 0 saturated carbocycles. The molecule has 0 atom stereocenters. The van der Waals surface area contributed by atoms with Crippen LogP contribution in [0.15, 0.2) is 18.2 Å². The summed E-state index contributed by atoms with van der Waals surface area (Å²) < 4.78 is 0.864. The van der Waals surface area contributed by atoms with Crippen LogP contribution in [0.5, 0.6) is 0 Å². The first-order chi connectivity index (χ1) is 8.00. The van der Waals surface area contributed by atoms with Gasteiger partial charge in [-0.3, -0.25) is 19.3 Å². The highest BCUT2D eigenvalue weighted by atomic mass is 127. The maximum Gasteiger partial charge on any atom is 0.305 e. The van der Waals surface area contributed by atoms with Crippen LogP contribution in [-0.2, 0) is 4.79 Å². The van der Waals surface area contributed by atoms with Crippen molar-refractivity contribution in [1.82, 2.24) is 4.90 Å². The monoisotopic (exact) mass is 345 g/mol. The van der Waals surface area contributed by atoms with E-state index in [1.165, 1.54) is 0 Å². The van der Waals surface area contributed by atoms with Crippen molar-refractivity contribution in [2.24, 2.45) is 0 Å². The molecular weight excluding hydrogens is 337 g/mol. The molecular formula is C11H8INO4. The first-order valence-corrected chi connectivity index (χ1v) is 5.96. The van der Waals surface area contributed by atoms with Crippen LogP contribution in [0.4, 0.5) is 0 Å². The second-order valence-corrected chi connectivity index (χ2v) is 4.84. The summed E-state index contributed by atoms with van der Waals surface area (Å²) >= 11 is 2.05. The normalized spacial score (nSPS) is 14.1. The van der Waals surface area contributed by atoms with Gasteiger partial charge in [0.05, 0.1) is 17.5 Å². The van der Waals surface area contributed by atoms with E-state index < -0.39 is 17.8 Å². The average molecular weight is 345 g/mol. The van der Waals surface area contributed by atoms with Crippen molar-refractivity contribution in [1.29, 1.82) is 0 Å². The maximum atomic E-state index is 11.9. The molecule has 2 amide bonds. The molecule has 88 valence electrons. The molecule has 0 fully saturated rings. The van der Waals surface area contributed by atoms with E-state index in [2.05, 4.69) is 22.6 Å². The van der Waals surface area contributed by atoms with E-state index in [9.17, 15) is 14.4 Å². The first kappa shape index (κ1) is 12.0. The third kappa shape index (κ3) is 2.17. The molecule has 0 saturated heterocycles. The van der Waals surface area contributed by atoms with Crippen LogP contribution in [0, 0.1) is 3.57 Å². The molecule has 17 heavy (non-hydrogen) atoms. The number of halogens is 1. The molecule has 1 aromatic carbocycles. The second kappa shape index (κ2) is 4.44. The van der Waals surface area contributed by atoms with E-state index in [0.717, 1.165) is 8.47 Å². The van der Waals surface area contributed by atoms with Gasteiger partial charge in [0.15, 0.2) is 0 Å². The van der Waals surface area contributed by atoms with Gasteiger partial charge in [-0.15, -0.1) is 0 Å². The minimum absolute atomic E-state index is 0.0851. The summed E-state index contributed by atoms with van der Waals surface area (Å²) in [6.07, 6.45) is -0.234. The summed E-state index contributed by atoms with van der Waals surface area (Å²) in [4.78, 5) is 35.1. The van der Waals surface area contributed by atoms with Crippen molar-refractivity contribution in [3.63, 3.8) is 0 Å². The molecule has 1 N–H and O–H groups in total. The van der Waals surface area contributed by atoms with Crippen molar-refractivity contribution in [2.45, 2.75) is 6.42 Å². The lowest BCUT2D eigenvalue weighted by atomic mass is 10.1. The van der Waals surface area contributed by atoms with Gasteiger partial charge in [0.1, 0.15) is 0 Å². The Kier molecular flexibility index (Phi) is 3.14. The van der Waals surface area contributed by atoms with Crippen molar-refractivity contribution in [3.8, 4) is 0 Å². The third-order valence-corrected chi connectivity index (χ3v) is 3.15. The van der Waals surface area contributed by atoms with Crippen LogP contribution in [0.25, 0.3) is 0 Å². The van der Waals surface area contributed by atoms with Gasteiger partial charge in [-0.1, -0.05) is 0 Å². The van der Waals surface area contributed by atoms with Crippen LogP contribution < -0.4 is 0 Å². The maximum absolute atomic E-state index is 11.9. The highest BCUT2D eigenvalue weighted by molar-refractivity contribution is 14.1. The van der Waals surface area contributed by atoms with Gasteiger partial charge in [-0.05, 0) is 40.8 Å². The number of fused-ring (bicyclic) bond motifs is 1. The topological polar surface area (TPSA) is 74.7 Å². The standard InChI is InChI=1S/C11H8INO4/c12-6-1-2-7-8(5-6)11(17)13(10(7)16)4-3-9(14)15/h1-2,5H,3-4H2,(H,14,15). The number of imide groups is 1. The fourth-order valence-corrected chi connectivity index (χ4v) is 2.16. The first-order valence-electron chi connectivity index (χ1n) is 4.88. The lowest BCUT2D eigenvalue weighted by molar-refractivity contribution is -0.137. The lowest BCUT2D eigenvalue weighted by Gasteiger charge is -2.11. The van der Waals surface area contributed by atoms with E-state index in [1.54, 1.807) is 18.2 Å². The van der Waals surface area contributed by atoms with Gasteiger partial charge in [0, 0.05) is 10.1 Å². The summed E-state index contributed by atoms with van der Waals surface area (Å²) in [7, 11) is 0. The van der Waals surface area contributed by atoms with Crippen LogP contribution in [0.3, 0.4) is 0 Å². The molecule has 0 unspecified atom stereocenters. The number of carbonyl (C=O) groups is 3. The number of aliphatic carboxylic acids is 1. The third-order valence-electron chi connectivity index (χ3n) is 2.48. The smallest absolute Gasteiger partial charge is 0.305 e. The summed E-state index contributed by atoms with van der Waals surface area (Å²) in [5.41, 5.74) is 0.702. The van der Waals surface area contributed by atoms with Crippen molar-refractivity contribution >= 4 is 40.4 Å². The molecule has 1 heterocycles. The van der Waals surface area contributed by atoms with E-state index >= 15 is 0 Å². The van der Waals surface area contributed by atoms with Gasteiger partial charge >= 0.3 is 5.97 Å². The fourth-order valence-electron chi connectivity index (χ4n) is 1.67. The van der Waals surface area contributed by atoms with Gasteiger partial charge < -0.3 is 5.11 Å². The molecule has 2 rings (SSSR count). The zero-order chi connectivity index (χ0) is 12.6. The van der Waals surface area contributed by atoms with Gasteiger partial charge in [-0.25, -0.2) is 0 Å². The molecule has 0 spiro atoms. The highest BCUT2D eigenvalue weighted by Gasteiger charge is 2.35. The summed E-state index contributed by atoms with van der Waals surface area (Å²) in [6.45, 7) is -0.0851. The van der Waals surface area contributed by atoms with E-state index in [-0.39, 0.29) is 13.0 Å². The number of carboxylic acid groups (broad SMARTS) is 1. The zero-order valence-corrected chi connectivity index (χ0v) is 10.8. The number of amides is 2. The zero-order valence-electron chi connectivity index (χ0n) is 8.64. The van der Waals surface area contributed by atoms with Crippen LogP contribution in [-0.4, -0.2) is 34.3 Å². The Hall–Kier alpha value is -1.44. The Morgan fingerprint density at radius 1 is 1.24 bits per heavy atom. The molecule has 0 bridgehead atoms. The quantitative estimate of drug-likeness (QED) is 0.663. The molecule has 0 aliphatic carbocycles. The number of nitrogens with zero attached hydrogens (tertiary/aromatic N) is 1. The minimum Gasteiger partial charge on any atom is -0.481 e. The minimum atomic E-state index is -1.03. The summed E-state index contributed by atoms with van der Waals surface area (Å²) in [5.74, 6) is -1.86. The molecule has 5 nitrogen and oxygen atoms in total. The van der Waals surface area contributed by atoms with Crippen molar-refractivity contribution < 1.29 is 19.5 Å². The van der Waals surface area contributed by atoms with E-state index in [0.29, 0.717) is 11.1 Å². The SMILES string of the molecule is O=C(O)CCN1C(=O)c2ccc(I)cc2C1=O. The predicted octanol–water partition coefficient (Wildman–Crippen LogP) is 1.36. The molecule has 0 radical (unpaired) electrons. The molecule has 1 aromatic rings. The number of benzene rings is 1. The molecule has 1 aliphatic rings. The van der Waals surface area contributed by atoms with Crippen molar-refractivity contribution in [3.05, 3.63) is 32.9 Å². The van der Waals surface area contributed by atoms with Gasteiger partial charge in [-0.2, -0.15) is 0 Å². The van der Waals surface area contributed by atoms with Gasteiger partial charge in [0.25, 0.3) is 11.8 Å². The number of rotatable bonds is 3. The average Bonchev–Trinajstić information content (AvgIpc) is 2.49. The number of carboxylic acids is 1. The number of hydrogen-bond acceptors (Lipinski definition) is 3. The Morgan fingerprint density at radius 2 is 1.88 bits per heavy atom. The summed E-state index contributed by atoms with van der Waals surface area (Å²) in [6, 6.07) is 4.97. The van der Waals surface area contributed by atoms with E-state index in [4.69, 9.17) is 5.11 Å². The van der Waals surface area contributed by atoms with E-state index in [1.807, 2.05) is 0 Å². The Balaban J connectivity index is 2.29. The Bertz CT molecular complexity index is 526. The van der Waals surface area contributed by atoms with Crippen molar-refractivity contribution in [2.75, 3.05) is 6.54 Å². The molecule has 1 aliphatic heterocycles. The molecule has 6 heteroatoms. The molecule has 0 aromatic heterocycles. The number of hydrogen-bond donors (Lipinski definition) is 1. The largest absolute Gasteiger partial charge is 0.481 e. The summed E-state index contributed by atoms with van der Waals surface area (Å²) in [5, 5.41) is 8.56. The lowest BCUT2D eigenvalue weighted by Crippen LogP contribution is -2.31. The fraction of sp³-hybridized carbons (Fsp3) is 0.182. The van der Waals surface area contributed by atoms with Crippen LogP contribution >= 0.6 is 22.6 Å². The second-order valence-electron chi connectivity index (χ2n) is 3.60. The Labute approximate surface area is 111 Å². The van der Waals surface area contributed by atoms with Crippen LogP contribution in [0.2, 0.25) is 0 Å². The number of carbonyl (C=O) groups excluding carboxylic acids is 2. The Morgan fingerprint density at radius 3 is 2.53 bits per heavy atom. The predicted molar refractivity (Wildman–Crippen MR) is 66.8 cm³/mol. The van der Waals surface area contributed by atoms with Gasteiger partial charge in [0.2, 0.25) is 0 Å². The highest BCUT2D eigenvalue weighted by Crippen LogP contribution is 2.24.